The van der Waals surface area contributed by atoms with Gasteiger partial charge in [-0.3, -0.25) is 4.79 Å². The summed E-state index contributed by atoms with van der Waals surface area (Å²) in [7, 11) is -2.64. The number of benzene rings is 4. The molecule has 4 rings (SSSR count). The largest absolute Gasteiger partial charge is 1.00 e. The molecule has 0 aliphatic rings. The molecule has 3 nitrogen and oxygen atoms in total. The van der Waals surface area contributed by atoms with Gasteiger partial charge in [0.15, 0.2) is 5.91 Å². The van der Waals surface area contributed by atoms with E-state index in [2.05, 4.69) is 114 Å². The fraction of sp³-hybridized carbons (Fsp3) is 0.278. The monoisotopic (exact) mass is 555 g/mol. The van der Waals surface area contributed by atoms with E-state index in [0.29, 0.717) is 25.1 Å². The van der Waals surface area contributed by atoms with Crippen LogP contribution in [0.3, 0.4) is 0 Å². The molecule has 4 aromatic carbocycles. The molecule has 0 saturated carbocycles. The maximum Gasteiger partial charge on any atom is 1.00 e. The van der Waals surface area contributed by atoms with Crippen LogP contribution < -0.4 is 29.2 Å². The average molecular weight is 556 g/mol. The Hall–Kier alpha value is -3.01. The Morgan fingerprint density at radius 2 is 1.20 bits per heavy atom. The normalized spacial score (nSPS) is 11.9. The molecule has 0 N–H and O–H groups in total. The third-order valence-corrected chi connectivity index (χ3v) is 13.0. The molecular formula is C36H42LiNO2Si. The van der Waals surface area contributed by atoms with Crippen molar-refractivity contribution in [2.75, 3.05) is 13.2 Å². The number of carbonyl (C=O) groups excluding carboxylic acids is 1. The summed E-state index contributed by atoms with van der Waals surface area (Å²) in [4.78, 5) is 16.0. The first kappa shape index (κ1) is 32.5. The second kappa shape index (κ2) is 13.8. The van der Waals surface area contributed by atoms with Gasteiger partial charge in [0.05, 0.1) is 5.54 Å². The predicted octanol–water partition coefficient (Wildman–Crippen LogP) is 4.22. The Morgan fingerprint density at radius 1 is 0.732 bits per heavy atom. The van der Waals surface area contributed by atoms with E-state index in [-0.39, 0.29) is 29.8 Å². The van der Waals surface area contributed by atoms with Gasteiger partial charge in [-0.15, -0.1) is 12.1 Å². The van der Waals surface area contributed by atoms with Crippen LogP contribution in [0.25, 0.3) is 0 Å². The van der Waals surface area contributed by atoms with Crippen molar-refractivity contribution in [3.63, 3.8) is 0 Å². The van der Waals surface area contributed by atoms with Crippen LogP contribution in [0, 0.1) is 6.92 Å². The van der Waals surface area contributed by atoms with E-state index in [9.17, 15) is 4.79 Å². The van der Waals surface area contributed by atoms with Crippen LogP contribution in [0.2, 0.25) is 5.04 Å². The summed E-state index contributed by atoms with van der Waals surface area (Å²) in [6, 6.07) is 39.2. The summed E-state index contributed by atoms with van der Waals surface area (Å²) >= 11 is 0. The predicted molar refractivity (Wildman–Crippen MR) is 170 cm³/mol. The molecule has 0 aliphatic heterocycles. The maximum atomic E-state index is 14.0. The average Bonchev–Trinajstić information content (AvgIpc) is 2.95. The van der Waals surface area contributed by atoms with Gasteiger partial charge < -0.3 is 9.33 Å². The molecule has 0 atom stereocenters. The third-order valence-electron chi connectivity index (χ3n) is 7.91. The Kier molecular flexibility index (Phi) is 10.9. The zero-order valence-electron chi connectivity index (χ0n) is 25.6. The van der Waals surface area contributed by atoms with Crippen molar-refractivity contribution in [3.05, 3.63) is 139 Å². The number of hydrogen-bond acceptors (Lipinski definition) is 2. The van der Waals surface area contributed by atoms with Gasteiger partial charge in [0.25, 0.3) is 8.32 Å². The smallest absolute Gasteiger partial charge is 0.407 e. The topological polar surface area (TPSA) is 29.5 Å². The summed E-state index contributed by atoms with van der Waals surface area (Å²) in [6.07, 6.45) is 0.714. The van der Waals surface area contributed by atoms with Crippen LogP contribution in [0.4, 0.5) is 0 Å². The van der Waals surface area contributed by atoms with Gasteiger partial charge >= 0.3 is 18.9 Å². The van der Waals surface area contributed by atoms with E-state index in [0.717, 1.165) is 11.1 Å². The molecule has 208 valence electrons. The van der Waals surface area contributed by atoms with Gasteiger partial charge in [-0.1, -0.05) is 123 Å². The molecule has 0 unspecified atom stereocenters. The van der Waals surface area contributed by atoms with Crippen LogP contribution >= 0.6 is 0 Å². The summed E-state index contributed by atoms with van der Waals surface area (Å²) in [5, 5.41) is 2.43. The van der Waals surface area contributed by atoms with Gasteiger partial charge in [-0.2, -0.15) is 18.6 Å². The zero-order valence-corrected chi connectivity index (χ0v) is 26.6. The molecule has 41 heavy (non-hydrogen) atoms. The number of rotatable bonds is 10. The second-order valence-electron chi connectivity index (χ2n) is 11.9. The summed E-state index contributed by atoms with van der Waals surface area (Å²) in [6.45, 7) is 16.4. The third kappa shape index (κ3) is 6.91. The first-order chi connectivity index (χ1) is 19.1. The van der Waals surface area contributed by atoms with Crippen molar-refractivity contribution < 1.29 is 28.1 Å². The number of nitrogens with zero attached hydrogens (tertiary/aromatic N) is 1. The molecule has 0 aliphatic carbocycles. The molecule has 1 amide bonds. The number of hydrogen-bond donors (Lipinski definition) is 0. The zero-order chi connectivity index (χ0) is 28.8. The molecule has 0 bridgehead atoms. The van der Waals surface area contributed by atoms with Gasteiger partial charge in [0, 0.05) is 13.2 Å². The summed E-state index contributed by atoms with van der Waals surface area (Å²) in [5.41, 5.74) is 1.96. The van der Waals surface area contributed by atoms with Crippen LogP contribution in [0.15, 0.2) is 115 Å². The molecule has 0 spiro atoms. The second-order valence-corrected chi connectivity index (χ2v) is 16.2. The first-order valence-electron chi connectivity index (χ1n) is 14.1. The Morgan fingerprint density at radius 3 is 1.68 bits per heavy atom. The quantitative estimate of drug-likeness (QED) is 0.167. The van der Waals surface area contributed by atoms with Crippen LogP contribution in [0.5, 0.6) is 0 Å². The van der Waals surface area contributed by atoms with Crippen molar-refractivity contribution >= 4 is 24.6 Å². The summed E-state index contributed by atoms with van der Waals surface area (Å²) in [5.74, 6) is -0.00935. The fourth-order valence-corrected chi connectivity index (χ4v) is 10.3. The maximum absolute atomic E-state index is 14.0. The molecule has 0 aromatic heterocycles. The van der Waals surface area contributed by atoms with Crippen LogP contribution in [-0.4, -0.2) is 32.3 Å². The van der Waals surface area contributed by atoms with E-state index >= 15 is 0 Å². The standard InChI is InChI=1S/C36H42NO2Si.Li/c1-29-19-16-17-26-33(29)34(38)37(36(5,6)30-20-10-7-11-21-30)27-18-28-39-40(35(2,3)4,31-22-12-8-13-23-31)32-24-14-9-15-25-32;/h7-17,19-26H,1,18,27-28H2,2-6H3;/q-1;+1. The Balaban J connectivity index is 0.00000462. The Bertz CT molecular complexity index is 1350. The van der Waals surface area contributed by atoms with Crippen molar-refractivity contribution in [3.8, 4) is 0 Å². The van der Waals surface area contributed by atoms with E-state index in [1.54, 1.807) is 0 Å². The number of amides is 1. The molecule has 0 saturated heterocycles. The van der Waals surface area contributed by atoms with E-state index in [4.69, 9.17) is 4.43 Å². The molecule has 0 heterocycles. The van der Waals surface area contributed by atoms with Crippen molar-refractivity contribution in [1.82, 2.24) is 4.90 Å². The SMILES string of the molecule is [CH2-]c1ccccc1C(=O)N(CCCO[Si](c1ccccc1)(c1ccccc1)C(C)(C)C)C(C)(C)c1ccccc1.[Li+]. The molecule has 4 aromatic rings. The molecule has 5 heteroatoms. The molecule has 0 fully saturated rings. The minimum Gasteiger partial charge on any atom is -0.407 e. The minimum atomic E-state index is -2.64. The van der Waals surface area contributed by atoms with Crippen LogP contribution in [-0.2, 0) is 9.96 Å². The van der Waals surface area contributed by atoms with Crippen LogP contribution in [0.1, 0.15) is 62.5 Å². The first-order valence-corrected chi connectivity index (χ1v) is 16.0. The minimum absolute atomic E-state index is 0. The number of carbonyl (C=O) groups is 1. The van der Waals surface area contributed by atoms with Gasteiger partial charge in [-0.05, 0) is 41.2 Å². The van der Waals surface area contributed by atoms with Gasteiger partial charge in [-0.25, -0.2) is 0 Å². The van der Waals surface area contributed by atoms with Gasteiger partial charge in [0.2, 0.25) is 0 Å². The molecule has 0 radical (unpaired) electrons. The fourth-order valence-electron chi connectivity index (χ4n) is 5.72. The van der Waals surface area contributed by atoms with Gasteiger partial charge in [0.1, 0.15) is 0 Å². The molecular weight excluding hydrogens is 513 g/mol. The van der Waals surface area contributed by atoms with E-state index < -0.39 is 13.9 Å². The van der Waals surface area contributed by atoms with Crippen molar-refractivity contribution in [2.45, 2.75) is 51.6 Å². The van der Waals surface area contributed by atoms with Crippen molar-refractivity contribution in [2.24, 2.45) is 0 Å². The van der Waals surface area contributed by atoms with E-state index in [1.807, 2.05) is 47.4 Å². The van der Waals surface area contributed by atoms with E-state index in [1.165, 1.54) is 10.4 Å². The Labute approximate surface area is 260 Å². The van der Waals surface area contributed by atoms with Crippen molar-refractivity contribution in [1.29, 1.82) is 0 Å². The summed E-state index contributed by atoms with van der Waals surface area (Å²) < 4.78 is 7.13.